The molecule has 1 aliphatic rings. The molecule has 1 aliphatic heterocycles. The lowest BCUT2D eigenvalue weighted by atomic mass is 9.73. The first-order valence-corrected chi connectivity index (χ1v) is 7.69. The molecule has 2 rings (SSSR count). The van der Waals surface area contributed by atoms with Crippen molar-refractivity contribution in [2.45, 2.75) is 25.2 Å². The van der Waals surface area contributed by atoms with Crippen molar-refractivity contribution in [1.82, 2.24) is 4.90 Å². The second kappa shape index (κ2) is 7.08. The second-order valence-electron chi connectivity index (χ2n) is 6.13. The number of carbonyl (C=O) groups excluding carboxylic acids is 1. The molecule has 5 nitrogen and oxygen atoms in total. The lowest BCUT2D eigenvalue weighted by Crippen LogP contribution is -2.50. The summed E-state index contributed by atoms with van der Waals surface area (Å²) < 4.78 is 18.6. The number of hydrogen-bond acceptors (Lipinski definition) is 3. The zero-order valence-electron chi connectivity index (χ0n) is 13.4. The number of nitrogens with zero attached hydrogens (tertiary/aromatic N) is 1. The van der Waals surface area contributed by atoms with Crippen LogP contribution in [0.5, 0.6) is 0 Å². The van der Waals surface area contributed by atoms with E-state index >= 15 is 0 Å². The average Bonchev–Trinajstić information content (AvgIpc) is 2.55. The zero-order chi connectivity index (χ0) is 17.0. The molecule has 23 heavy (non-hydrogen) atoms. The zero-order valence-corrected chi connectivity index (χ0v) is 13.4. The van der Waals surface area contributed by atoms with Gasteiger partial charge in [0, 0.05) is 26.8 Å². The first kappa shape index (κ1) is 17.4. The molecule has 0 saturated carbocycles. The van der Waals surface area contributed by atoms with Gasteiger partial charge >= 0.3 is 5.97 Å². The minimum Gasteiger partial charge on any atom is -0.481 e. The van der Waals surface area contributed by atoms with Crippen LogP contribution in [-0.2, 0) is 19.7 Å². The number of halogens is 1. The summed E-state index contributed by atoms with van der Waals surface area (Å²) in [6.45, 7) is 2.61. The van der Waals surface area contributed by atoms with Gasteiger partial charge in [-0.2, -0.15) is 0 Å². The number of amides is 1. The van der Waals surface area contributed by atoms with Gasteiger partial charge in [0.05, 0.1) is 11.3 Å². The highest BCUT2D eigenvalue weighted by Crippen LogP contribution is 2.36. The first-order chi connectivity index (χ1) is 10.9. The summed E-state index contributed by atoms with van der Waals surface area (Å²) in [5.41, 5.74) is -0.0270. The Labute approximate surface area is 135 Å². The third-order valence-corrected chi connectivity index (χ3v) is 4.47. The molecule has 0 bridgehead atoms. The van der Waals surface area contributed by atoms with Crippen LogP contribution in [-0.4, -0.2) is 48.7 Å². The highest BCUT2D eigenvalue weighted by molar-refractivity contribution is 5.88. The molecule has 1 aromatic carbocycles. The molecule has 0 radical (unpaired) electrons. The van der Waals surface area contributed by atoms with Crippen LogP contribution >= 0.6 is 0 Å². The Bertz CT molecular complexity index is 566. The molecule has 6 heteroatoms. The molecule has 1 N–H and O–H groups in total. The van der Waals surface area contributed by atoms with Crippen molar-refractivity contribution in [3.8, 4) is 0 Å². The molecular weight excluding hydrogens is 301 g/mol. The highest BCUT2D eigenvalue weighted by atomic mass is 19.1. The fourth-order valence-corrected chi connectivity index (χ4v) is 3.05. The van der Waals surface area contributed by atoms with Crippen LogP contribution < -0.4 is 0 Å². The normalized spacial score (nSPS) is 18.2. The van der Waals surface area contributed by atoms with Gasteiger partial charge in [-0.3, -0.25) is 9.59 Å². The van der Waals surface area contributed by atoms with Crippen molar-refractivity contribution in [2.24, 2.45) is 5.92 Å². The molecule has 126 valence electrons. The minimum absolute atomic E-state index is 0.137. The van der Waals surface area contributed by atoms with Crippen LogP contribution in [0.25, 0.3) is 0 Å². The van der Waals surface area contributed by atoms with Crippen LogP contribution in [0.15, 0.2) is 24.3 Å². The van der Waals surface area contributed by atoms with Crippen LogP contribution in [0.3, 0.4) is 0 Å². The predicted octanol–water partition coefficient (Wildman–Crippen LogP) is 2.05. The quantitative estimate of drug-likeness (QED) is 0.900. The third-order valence-electron chi connectivity index (χ3n) is 4.47. The number of carboxylic acids is 1. The summed E-state index contributed by atoms with van der Waals surface area (Å²) in [5, 5.41) is 9.04. The van der Waals surface area contributed by atoms with Gasteiger partial charge in [0.1, 0.15) is 5.82 Å². The van der Waals surface area contributed by atoms with E-state index in [0.717, 1.165) is 5.56 Å². The summed E-state index contributed by atoms with van der Waals surface area (Å²) in [6.07, 6.45) is 1.01. The summed E-state index contributed by atoms with van der Waals surface area (Å²) in [6, 6.07) is 5.96. The molecule has 0 spiro atoms. The summed E-state index contributed by atoms with van der Waals surface area (Å²) in [4.78, 5) is 25.5. The third kappa shape index (κ3) is 3.69. The Morgan fingerprint density at radius 1 is 1.30 bits per heavy atom. The summed E-state index contributed by atoms with van der Waals surface area (Å²) in [7, 11) is 1.61. The smallest absolute Gasteiger partial charge is 0.308 e. The van der Waals surface area contributed by atoms with Gasteiger partial charge in [0.15, 0.2) is 0 Å². The average molecular weight is 323 g/mol. The lowest BCUT2D eigenvalue weighted by molar-refractivity contribution is -0.145. The fraction of sp³-hybridized carbons (Fsp3) is 0.529. The maximum absolute atomic E-state index is 13.2. The first-order valence-electron chi connectivity index (χ1n) is 7.69. The largest absolute Gasteiger partial charge is 0.481 e. The maximum atomic E-state index is 13.2. The number of carbonyl (C=O) groups is 2. The van der Waals surface area contributed by atoms with Gasteiger partial charge in [0.2, 0.25) is 5.91 Å². The number of carboxylic acid groups (broad SMARTS) is 1. The van der Waals surface area contributed by atoms with E-state index in [9.17, 15) is 14.0 Å². The van der Waals surface area contributed by atoms with Gasteiger partial charge in [-0.05, 0) is 30.5 Å². The van der Waals surface area contributed by atoms with E-state index in [0.29, 0.717) is 26.1 Å². The number of benzene rings is 1. The van der Waals surface area contributed by atoms with E-state index in [1.54, 1.807) is 26.1 Å². The highest BCUT2D eigenvalue weighted by Gasteiger charge is 2.43. The van der Waals surface area contributed by atoms with Crippen molar-refractivity contribution in [3.05, 3.63) is 35.6 Å². The molecule has 1 fully saturated rings. The number of hydrogen-bond donors (Lipinski definition) is 1. The molecule has 1 heterocycles. The molecule has 1 amide bonds. The Balaban J connectivity index is 2.28. The van der Waals surface area contributed by atoms with Gasteiger partial charge in [0.25, 0.3) is 0 Å². The Morgan fingerprint density at radius 3 is 2.39 bits per heavy atom. The number of ether oxygens (including phenoxy) is 1. The monoisotopic (exact) mass is 323 g/mol. The molecular formula is C17H22FNO4. The number of likely N-dealkylation sites (N-methyl/N-ethyl adjacent to an activating group) is 1. The van der Waals surface area contributed by atoms with Gasteiger partial charge in [-0.1, -0.05) is 19.1 Å². The van der Waals surface area contributed by atoms with E-state index < -0.39 is 17.3 Å². The van der Waals surface area contributed by atoms with Crippen molar-refractivity contribution in [1.29, 1.82) is 0 Å². The summed E-state index contributed by atoms with van der Waals surface area (Å²) >= 11 is 0. The predicted molar refractivity (Wildman–Crippen MR) is 82.6 cm³/mol. The van der Waals surface area contributed by atoms with Crippen LogP contribution in [0.2, 0.25) is 0 Å². The molecule has 1 aromatic rings. The number of rotatable bonds is 5. The van der Waals surface area contributed by atoms with Crippen molar-refractivity contribution < 1.29 is 23.8 Å². The maximum Gasteiger partial charge on any atom is 0.308 e. The van der Waals surface area contributed by atoms with Crippen LogP contribution in [0.4, 0.5) is 4.39 Å². The van der Waals surface area contributed by atoms with Gasteiger partial charge in [-0.25, -0.2) is 4.39 Å². The summed E-state index contributed by atoms with van der Waals surface area (Å²) in [5.74, 6) is -2.07. The molecule has 0 aromatic heterocycles. The van der Waals surface area contributed by atoms with Gasteiger partial charge in [-0.15, -0.1) is 0 Å². The van der Waals surface area contributed by atoms with Crippen LogP contribution in [0.1, 0.15) is 25.3 Å². The number of aliphatic carboxylic acids is 1. The lowest BCUT2D eigenvalue weighted by Gasteiger charge is -2.39. The van der Waals surface area contributed by atoms with Gasteiger partial charge < -0.3 is 14.7 Å². The van der Waals surface area contributed by atoms with E-state index in [2.05, 4.69) is 0 Å². The molecule has 1 atom stereocenters. The van der Waals surface area contributed by atoms with E-state index in [1.165, 1.54) is 17.0 Å². The fourth-order valence-electron chi connectivity index (χ4n) is 3.05. The van der Waals surface area contributed by atoms with Crippen molar-refractivity contribution >= 4 is 11.9 Å². The topological polar surface area (TPSA) is 66.8 Å². The Kier molecular flexibility index (Phi) is 5.36. The SMILES string of the molecule is CC(CN(C)C(=O)C1(c2ccc(F)cc2)CCOCC1)C(=O)O. The molecule has 1 saturated heterocycles. The second-order valence-corrected chi connectivity index (χ2v) is 6.13. The van der Waals surface area contributed by atoms with Crippen molar-refractivity contribution in [3.63, 3.8) is 0 Å². The van der Waals surface area contributed by atoms with Crippen LogP contribution in [0, 0.1) is 11.7 Å². The Morgan fingerprint density at radius 2 is 1.87 bits per heavy atom. The minimum atomic E-state index is -0.938. The molecule has 1 unspecified atom stereocenters. The van der Waals surface area contributed by atoms with E-state index in [4.69, 9.17) is 9.84 Å². The van der Waals surface area contributed by atoms with E-state index in [-0.39, 0.29) is 18.3 Å². The standard InChI is InChI=1S/C17H22FNO4/c1-12(15(20)21)11-19(2)16(22)17(7-9-23-10-8-17)13-3-5-14(18)6-4-13/h3-6,12H,7-11H2,1-2H3,(H,20,21). The molecule has 0 aliphatic carbocycles. The Hall–Kier alpha value is -1.95. The van der Waals surface area contributed by atoms with Crippen molar-refractivity contribution in [2.75, 3.05) is 26.8 Å². The van der Waals surface area contributed by atoms with E-state index in [1.807, 2.05) is 0 Å².